The van der Waals surface area contributed by atoms with E-state index in [1.165, 1.54) is 6.39 Å². The van der Waals surface area contributed by atoms with Crippen LogP contribution in [0, 0.1) is 0 Å². The smallest absolute Gasteiger partial charge is 0.181 e. The normalized spacial score (nSPS) is 10.5. The van der Waals surface area contributed by atoms with Gasteiger partial charge >= 0.3 is 0 Å². The van der Waals surface area contributed by atoms with Gasteiger partial charge in [-0.1, -0.05) is 6.07 Å². The molecule has 2 rings (SSSR count). The zero-order chi connectivity index (χ0) is 9.10. The Morgan fingerprint density at radius 2 is 2.38 bits per heavy atom. The van der Waals surface area contributed by atoms with Crippen LogP contribution in [0.4, 0.5) is 0 Å². The molecule has 0 saturated heterocycles. The lowest BCUT2D eigenvalue weighted by Crippen LogP contribution is -1.85. The van der Waals surface area contributed by atoms with E-state index in [0.29, 0.717) is 6.42 Å². The standard InChI is InChI=1S/C10H9NO2/c12-5-1-2-8-3-4-10-9(6-8)11-7-13-10/h3-7H,1-2H2. The number of fused-ring (bicyclic) bond motifs is 1. The van der Waals surface area contributed by atoms with Crippen molar-refractivity contribution in [2.45, 2.75) is 12.8 Å². The number of hydrogen-bond donors (Lipinski definition) is 0. The molecule has 0 spiro atoms. The molecule has 3 heteroatoms. The van der Waals surface area contributed by atoms with Crippen LogP contribution in [-0.4, -0.2) is 11.3 Å². The number of aldehydes is 1. The fourth-order valence-electron chi connectivity index (χ4n) is 1.28. The predicted octanol–water partition coefficient (Wildman–Crippen LogP) is 1.96. The molecular weight excluding hydrogens is 166 g/mol. The Morgan fingerprint density at radius 3 is 3.23 bits per heavy atom. The molecule has 0 bridgehead atoms. The van der Waals surface area contributed by atoms with Crippen LogP contribution in [-0.2, 0) is 11.2 Å². The van der Waals surface area contributed by atoms with Crippen molar-refractivity contribution in [1.82, 2.24) is 4.98 Å². The number of rotatable bonds is 3. The van der Waals surface area contributed by atoms with E-state index in [4.69, 9.17) is 4.42 Å². The molecule has 66 valence electrons. The van der Waals surface area contributed by atoms with E-state index in [-0.39, 0.29) is 0 Å². The third-order valence-electron chi connectivity index (χ3n) is 1.95. The number of benzene rings is 1. The monoisotopic (exact) mass is 175 g/mol. The van der Waals surface area contributed by atoms with Crippen LogP contribution >= 0.6 is 0 Å². The van der Waals surface area contributed by atoms with Gasteiger partial charge in [-0.3, -0.25) is 0 Å². The largest absolute Gasteiger partial charge is 0.443 e. The molecule has 0 aliphatic rings. The summed E-state index contributed by atoms with van der Waals surface area (Å²) in [5.41, 5.74) is 2.76. The minimum atomic E-state index is 0.559. The summed E-state index contributed by atoms with van der Waals surface area (Å²) in [4.78, 5) is 14.2. The van der Waals surface area contributed by atoms with Gasteiger partial charge in [-0.15, -0.1) is 0 Å². The lowest BCUT2D eigenvalue weighted by atomic mass is 10.1. The Labute approximate surface area is 75.4 Å². The fraction of sp³-hybridized carbons (Fsp3) is 0.200. The molecule has 0 atom stereocenters. The van der Waals surface area contributed by atoms with Gasteiger partial charge in [-0.2, -0.15) is 0 Å². The predicted molar refractivity (Wildman–Crippen MR) is 48.4 cm³/mol. The highest BCUT2D eigenvalue weighted by molar-refractivity contribution is 5.72. The third kappa shape index (κ3) is 1.59. The van der Waals surface area contributed by atoms with E-state index < -0.39 is 0 Å². The van der Waals surface area contributed by atoms with E-state index in [1.54, 1.807) is 0 Å². The molecule has 0 fully saturated rings. The quantitative estimate of drug-likeness (QED) is 0.669. The highest BCUT2D eigenvalue weighted by Gasteiger charge is 1.99. The van der Waals surface area contributed by atoms with Gasteiger partial charge in [0.15, 0.2) is 12.0 Å². The first kappa shape index (κ1) is 7.98. The number of oxazole rings is 1. The molecule has 0 aliphatic carbocycles. The molecule has 0 N–H and O–H groups in total. The lowest BCUT2D eigenvalue weighted by molar-refractivity contribution is -0.107. The Balaban J connectivity index is 2.31. The molecular formula is C10H9NO2. The number of nitrogens with zero attached hydrogens (tertiary/aromatic N) is 1. The van der Waals surface area contributed by atoms with E-state index in [9.17, 15) is 4.79 Å². The SMILES string of the molecule is O=CCCc1ccc2ocnc2c1. The van der Waals surface area contributed by atoms with Crippen molar-refractivity contribution in [3.05, 3.63) is 30.2 Å². The zero-order valence-electron chi connectivity index (χ0n) is 7.06. The Bertz CT molecular complexity index is 420. The zero-order valence-corrected chi connectivity index (χ0v) is 7.06. The van der Waals surface area contributed by atoms with E-state index in [0.717, 1.165) is 29.4 Å². The van der Waals surface area contributed by atoms with Crippen LogP contribution < -0.4 is 0 Å². The highest BCUT2D eigenvalue weighted by atomic mass is 16.3. The first-order chi connectivity index (χ1) is 6.40. The molecule has 2 aromatic rings. The van der Waals surface area contributed by atoms with Gasteiger partial charge in [-0.25, -0.2) is 4.98 Å². The number of hydrogen-bond acceptors (Lipinski definition) is 3. The van der Waals surface area contributed by atoms with Gasteiger partial charge in [0.25, 0.3) is 0 Å². The number of aryl methyl sites for hydroxylation is 1. The number of aromatic nitrogens is 1. The van der Waals surface area contributed by atoms with Crippen molar-refractivity contribution in [2.75, 3.05) is 0 Å². The van der Waals surface area contributed by atoms with E-state index in [2.05, 4.69) is 4.98 Å². The van der Waals surface area contributed by atoms with Gasteiger partial charge in [0.1, 0.15) is 11.8 Å². The van der Waals surface area contributed by atoms with Crippen LogP contribution in [0.5, 0.6) is 0 Å². The molecule has 1 aromatic carbocycles. The molecule has 0 unspecified atom stereocenters. The maximum absolute atomic E-state index is 10.2. The van der Waals surface area contributed by atoms with Crippen LogP contribution in [0.2, 0.25) is 0 Å². The summed E-state index contributed by atoms with van der Waals surface area (Å²) in [5.74, 6) is 0. The molecule has 0 aliphatic heterocycles. The number of carbonyl (C=O) groups is 1. The summed E-state index contributed by atoms with van der Waals surface area (Å²) >= 11 is 0. The van der Waals surface area contributed by atoms with Gasteiger partial charge in [0.05, 0.1) is 0 Å². The van der Waals surface area contributed by atoms with Crippen molar-refractivity contribution < 1.29 is 9.21 Å². The summed E-state index contributed by atoms with van der Waals surface area (Å²) in [6.07, 6.45) is 3.68. The van der Waals surface area contributed by atoms with Crippen LogP contribution in [0.1, 0.15) is 12.0 Å². The maximum atomic E-state index is 10.2. The summed E-state index contributed by atoms with van der Waals surface area (Å²) in [7, 11) is 0. The summed E-state index contributed by atoms with van der Waals surface area (Å²) in [5, 5.41) is 0. The third-order valence-corrected chi connectivity index (χ3v) is 1.95. The van der Waals surface area contributed by atoms with Crippen LogP contribution in [0.3, 0.4) is 0 Å². The molecule has 1 aromatic heterocycles. The Hall–Kier alpha value is -1.64. The lowest BCUT2D eigenvalue weighted by Gasteiger charge is -1.95. The molecule has 3 nitrogen and oxygen atoms in total. The number of carbonyl (C=O) groups excluding carboxylic acids is 1. The van der Waals surface area contributed by atoms with Crippen molar-refractivity contribution >= 4 is 17.4 Å². The molecule has 0 amide bonds. The van der Waals surface area contributed by atoms with Crippen LogP contribution in [0.25, 0.3) is 11.1 Å². The minimum absolute atomic E-state index is 0.559. The summed E-state index contributed by atoms with van der Waals surface area (Å²) in [6.45, 7) is 0. The Morgan fingerprint density at radius 1 is 1.46 bits per heavy atom. The second-order valence-corrected chi connectivity index (χ2v) is 2.86. The van der Waals surface area contributed by atoms with Gasteiger partial charge in [0.2, 0.25) is 0 Å². The molecule has 0 saturated carbocycles. The molecule has 13 heavy (non-hydrogen) atoms. The highest BCUT2D eigenvalue weighted by Crippen LogP contribution is 2.14. The van der Waals surface area contributed by atoms with Crippen molar-refractivity contribution in [3.63, 3.8) is 0 Å². The second kappa shape index (κ2) is 3.39. The topological polar surface area (TPSA) is 43.1 Å². The first-order valence-electron chi connectivity index (χ1n) is 4.16. The van der Waals surface area contributed by atoms with Crippen molar-refractivity contribution in [2.24, 2.45) is 0 Å². The summed E-state index contributed by atoms with van der Waals surface area (Å²) in [6, 6.07) is 5.78. The van der Waals surface area contributed by atoms with Crippen molar-refractivity contribution in [3.8, 4) is 0 Å². The minimum Gasteiger partial charge on any atom is -0.443 e. The fourth-order valence-corrected chi connectivity index (χ4v) is 1.28. The van der Waals surface area contributed by atoms with E-state index in [1.807, 2.05) is 18.2 Å². The second-order valence-electron chi connectivity index (χ2n) is 2.86. The van der Waals surface area contributed by atoms with Gasteiger partial charge < -0.3 is 9.21 Å². The average molecular weight is 175 g/mol. The van der Waals surface area contributed by atoms with Crippen LogP contribution in [0.15, 0.2) is 29.0 Å². The van der Waals surface area contributed by atoms with E-state index >= 15 is 0 Å². The maximum Gasteiger partial charge on any atom is 0.181 e. The van der Waals surface area contributed by atoms with Gasteiger partial charge in [0, 0.05) is 6.42 Å². The van der Waals surface area contributed by atoms with Gasteiger partial charge in [-0.05, 0) is 24.1 Å². The first-order valence-corrected chi connectivity index (χ1v) is 4.16. The van der Waals surface area contributed by atoms with Crippen molar-refractivity contribution in [1.29, 1.82) is 0 Å². The Kier molecular flexibility index (Phi) is 2.08. The molecule has 0 radical (unpaired) electrons. The average Bonchev–Trinajstić information content (AvgIpc) is 2.61. The summed E-state index contributed by atoms with van der Waals surface area (Å²) < 4.78 is 5.10. The molecule has 1 heterocycles.